The molecule has 0 aromatic carbocycles. The highest BCUT2D eigenvalue weighted by atomic mass is 32.2. The van der Waals surface area contributed by atoms with Crippen LogP contribution in [0, 0.1) is 0 Å². The van der Waals surface area contributed by atoms with Crippen molar-refractivity contribution in [1.29, 1.82) is 0 Å². The van der Waals surface area contributed by atoms with Crippen molar-refractivity contribution in [3.8, 4) is 0 Å². The lowest BCUT2D eigenvalue weighted by Gasteiger charge is -2.14. The molecule has 1 fully saturated rings. The van der Waals surface area contributed by atoms with E-state index in [1.165, 1.54) is 30.8 Å². The molecule has 0 spiro atoms. The topological polar surface area (TPSA) is 32.3 Å². The van der Waals surface area contributed by atoms with Gasteiger partial charge in [0.1, 0.15) is 22.9 Å². The van der Waals surface area contributed by atoms with Crippen molar-refractivity contribution in [2.75, 3.05) is 18.1 Å². The van der Waals surface area contributed by atoms with Crippen LogP contribution < -0.4 is 5.11 Å². The first-order chi connectivity index (χ1) is 5.83. The minimum absolute atomic E-state index is 0.122. The van der Waals surface area contributed by atoms with E-state index in [0.717, 1.165) is 0 Å². The Morgan fingerprint density at radius 3 is 2.67 bits per heavy atom. The van der Waals surface area contributed by atoms with Crippen LogP contribution in [0.2, 0.25) is 0 Å². The standard InChI is InChI=1S/C9H16O2S/c1-2-11-9(10)8-12-6-4-3-5-7-12/h8H,2-7H2,1H3/b9-8-. The predicted octanol–water partition coefficient (Wildman–Crippen LogP) is 0.984. The fraction of sp³-hybridized carbons (Fsp3) is 0.778. The molecule has 0 unspecified atom stereocenters. The molecule has 3 heteroatoms. The second kappa shape index (κ2) is 5.36. The molecule has 0 aromatic heterocycles. The molecule has 0 aromatic rings. The van der Waals surface area contributed by atoms with Gasteiger partial charge in [-0.3, -0.25) is 0 Å². The summed E-state index contributed by atoms with van der Waals surface area (Å²) in [5.74, 6) is 2.26. The zero-order chi connectivity index (χ0) is 8.81. The molecule has 0 radical (unpaired) electrons. The van der Waals surface area contributed by atoms with Crippen molar-refractivity contribution in [3.05, 3.63) is 11.4 Å². The van der Waals surface area contributed by atoms with Gasteiger partial charge < -0.3 is 9.84 Å². The minimum Gasteiger partial charge on any atom is -0.611 e. The Kier molecular flexibility index (Phi) is 4.36. The average molecular weight is 188 g/mol. The molecule has 2 nitrogen and oxygen atoms in total. The predicted molar refractivity (Wildman–Crippen MR) is 50.7 cm³/mol. The molecular formula is C9H16O2S. The molecule has 0 aliphatic carbocycles. The second-order valence-electron chi connectivity index (χ2n) is 2.88. The van der Waals surface area contributed by atoms with Gasteiger partial charge in [0.25, 0.3) is 0 Å². The van der Waals surface area contributed by atoms with Gasteiger partial charge in [-0.25, -0.2) is 0 Å². The molecule has 1 aliphatic rings. The highest BCUT2D eigenvalue weighted by molar-refractivity contribution is 7.99. The fourth-order valence-corrected chi connectivity index (χ4v) is 3.21. The molecular weight excluding hydrogens is 172 g/mol. The lowest BCUT2D eigenvalue weighted by Crippen LogP contribution is -2.18. The summed E-state index contributed by atoms with van der Waals surface area (Å²) < 4.78 is 4.86. The SMILES string of the molecule is CCO/C([O-])=C\[S+]1CCCCC1. The number of hydrogen-bond acceptors (Lipinski definition) is 2. The van der Waals surface area contributed by atoms with Crippen molar-refractivity contribution >= 4 is 10.9 Å². The first-order valence-electron chi connectivity index (χ1n) is 4.51. The third kappa shape index (κ3) is 3.39. The summed E-state index contributed by atoms with van der Waals surface area (Å²) in [4.78, 5) is 0. The summed E-state index contributed by atoms with van der Waals surface area (Å²) in [6, 6.07) is 0. The maximum absolute atomic E-state index is 11.0. The first kappa shape index (κ1) is 9.78. The van der Waals surface area contributed by atoms with Gasteiger partial charge in [0.2, 0.25) is 0 Å². The molecule has 1 aliphatic heterocycles. The van der Waals surface area contributed by atoms with E-state index in [1.807, 2.05) is 6.92 Å². The third-order valence-electron chi connectivity index (χ3n) is 1.86. The fourth-order valence-electron chi connectivity index (χ4n) is 1.28. The molecule has 1 rings (SSSR count). The molecule has 0 amide bonds. The molecule has 0 N–H and O–H groups in total. The van der Waals surface area contributed by atoms with Crippen LogP contribution in [0.5, 0.6) is 0 Å². The van der Waals surface area contributed by atoms with Crippen molar-refractivity contribution in [3.63, 3.8) is 0 Å². The Morgan fingerprint density at radius 1 is 1.42 bits per heavy atom. The lowest BCUT2D eigenvalue weighted by molar-refractivity contribution is -0.356. The number of hydrogen-bond donors (Lipinski definition) is 0. The summed E-state index contributed by atoms with van der Waals surface area (Å²) in [5, 5.41) is 12.8. The normalized spacial score (nSPS) is 20.9. The van der Waals surface area contributed by atoms with Gasteiger partial charge in [-0.05, 0) is 25.9 Å². The van der Waals surface area contributed by atoms with E-state index in [-0.39, 0.29) is 16.8 Å². The maximum Gasteiger partial charge on any atom is 0.141 e. The molecule has 70 valence electrons. The Labute approximate surface area is 77.0 Å². The largest absolute Gasteiger partial charge is 0.611 e. The Balaban J connectivity index is 2.31. The summed E-state index contributed by atoms with van der Waals surface area (Å²) in [5.41, 5.74) is 0. The molecule has 12 heavy (non-hydrogen) atoms. The number of rotatable bonds is 3. The minimum atomic E-state index is -0.122. The second-order valence-corrected chi connectivity index (χ2v) is 5.00. The molecule has 0 bridgehead atoms. The van der Waals surface area contributed by atoms with Crippen LogP contribution >= 0.6 is 0 Å². The van der Waals surface area contributed by atoms with Gasteiger partial charge in [0.15, 0.2) is 0 Å². The average Bonchev–Trinajstić information content (AvgIpc) is 2.06. The van der Waals surface area contributed by atoms with E-state index in [9.17, 15) is 5.11 Å². The van der Waals surface area contributed by atoms with Crippen LogP contribution in [-0.4, -0.2) is 18.1 Å². The van der Waals surface area contributed by atoms with Crippen molar-refractivity contribution in [2.24, 2.45) is 0 Å². The van der Waals surface area contributed by atoms with E-state index in [2.05, 4.69) is 0 Å². The van der Waals surface area contributed by atoms with Crippen molar-refractivity contribution in [2.45, 2.75) is 26.2 Å². The Bertz CT molecular complexity index is 151. The van der Waals surface area contributed by atoms with Crippen molar-refractivity contribution < 1.29 is 9.84 Å². The molecule has 0 saturated carbocycles. The third-order valence-corrected chi connectivity index (χ3v) is 4.01. The van der Waals surface area contributed by atoms with Gasteiger partial charge in [-0.2, -0.15) is 0 Å². The van der Waals surface area contributed by atoms with E-state index >= 15 is 0 Å². The van der Waals surface area contributed by atoms with Gasteiger partial charge in [0.05, 0.1) is 0 Å². The quantitative estimate of drug-likeness (QED) is 0.488. The van der Waals surface area contributed by atoms with E-state index in [1.54, 1.807) is 5.41 Å². The van der Waals surface area contributed by atoms with E-state index in [4.69, 9.17) is 4.74 Å². The Morgan fingerprint density at radius 2 is 2.08 bits per heavy atom. The van der Waals surface area contributed by atoms with Crippen LogP contribution in [-0.2, 0) is 15.6 Å². The lowest BCUT2D eigenvalue weighted by atomic mass is 10.3. The monoisotopic (exact) mass is 188 g/mol. The molecule has 1 heterocycles. The maximum atomic E-state index is 11.0. The summed E-state index contributed by atoms with van der Waals surface area (Å²) in [6.07, 6.45) is 3.89. The Hall–Kier alpha value is -0.310. The molecule has 1 saturated heterocycles. The molecule has 0 atom stereocenters. The van der Waals surface area contributed by atoms with Crippen LogP contribution in [0.1, 0.15) is 26.2 Å². The van der Waals surface area contributed by atoms with Gasteiger partial charge in [-0.1, -0.05) is 6.92 Å². The highest BCUT2D eigenvalue weighted by Gasteiger charge is 2.18. The first-order valence-corrected chi connectivity index (χ1v) is 6.13. The van der Waals surface area contributed by atoms with Gasteiger partial charge >= 0.3 is 0 Å². The van der Waals surface area contributed by atoms with Crippen molar-refractivity contribution in [1.82, 2.24) is 0 Å². The van der Waals surface area contributed by atoms with E-state index < -0.39 is 0 Å². The van der Waals surface area contributed by atoms with Crippen LogP contribution in [0.25, 0.3) is 0 Å². The van der Waals surface area contributed by atoms with Gasteiger partial charge in [0, 0.05) is 10.9 Å². The highest BCUT2D eigenvalue weighted by Crippen LogP contribution is 2.15. The zero-order valence-electron chi connectivity index (χ0n) is 7.54. The van der Waals surface area contributed by atoms with Crippen LogP contribution in [0.15, 0.2) is 11.4 Å². The van der Waals surface area contributed by atoms with Gasteiger partial charge in [-0.15, -0.1) is 0 Å². The number of ether oxygens (including phenoxy) is 1. The summed E-state index contributed by atoms with van der Waals surface area (Å²) >= 11 is 0. The van der Waals surface area contributed by atoms with Crippen LogP contribution in [0.3, 0.4) is 0 Å². The van der Waals surface area contributed by atoms with Crippen LogP contribution in [0.4, 0.5) is 0 Å². The smallest absolute Gasteiger partial charge is 0.141 e. The summed E-state index contributed by atoms with van der Waals surface area (Å²) in [7, 11) is 0.224. The summed E-state index contributed by atoms with van der Waals surface area (Å²) in [6.45, 7) is 2.34. The van der Waals surface area contributed by atoms with E-state index in [0.29, 0.717) is 6.61 Å². The zero-order valence-corrected chi connectivity index (χ0v) is 8.36.